The molecule has 0 aromatic heterocycles. The van der Waals surface area contributed by atoms with E-state index >= 15 is 0 Å². The van der Waals surface area contributed by atoms with Crippen LogP contribution in [0.25, 0.3) is 6.08 Å². The maximum atomic E-state index is 11.9. The van der Waals surface area contributed by atoms with Crippen molar-refractivity contribution in [3.63, 3.8) is 0 Å². The standard InChI is InChI=1S/C21H28N2O4/c1-3-27-18-7-4-17(5-8-18)6-9-19(21(10-11-21)20(25)26)23-14-12-22(13-15-23)16(2)24/h4-9,19H,3,10-15H2,1-2H3,(H,25,26)/b9-6+. The monoisotopic (exact) mass is 372 g/mol. The van der Waals surface area contributed by atoms with E-state index in [9.17, 15) is 14.7 Å². The van der Waals surface area contributed by atoms with Gasteiger partial charge in [-0.15, -0.1) is 0 Å². The summed E-state index contributed by atoms with van der Waals surface area (Å²) >= 11 is 0. The van der Waals surface area contributed by atoms with Crippen molar-refractivity contribution in [3.05, 3.63) is 35.9 Å². The highest BCUT2D eigenvalue weighted by Crippen LogP contribution is 2.51. The summed E-state index contributed by atoms with van der Waals surface area (Å²) in [5.74, 6) is 0.184. The van der Waals surface area contributed by atoms with Crippen LogP contribution in [0.5, 0.6) is 5.75 Å². The van der Waals surface area contributed by atoms with Crippen LogP contribution in [0, 0.1) is 5.41 Å². The SMILES string of the molecule is CCOc1ccc(/C=C/C(N2CCN(C(C)=O)CC2)C2(C(=O)O)CC2)cc1. The van der Waals surface area contributed by atoms with Crippen molar-refractivity contribution >= 4 is 18.0 Å². The molecule has 6 nitrogen and oxygen atoms in total. The minimum absolute atomic E-state index is 0.0792. The molecule has 3 rings (SSSR count). The van der Waals surface area contributed by atoms with Gasteiger partial charge in [-0.1, -0.05) is 24.3 Å². The highest BCUT2D eigenvalue weighted by molar-refractivity contribution is 5.79. The lowest BCUT2D eigenvalue weighted by Crippen LogP contribution is -2.54. The number of hydrogen-bond donors (Lipinski definition) is 1. The molecule has 1 saturated heterocycles. The van der Waals surface area contributed by atoms with Crippen molar-refractivity contribution in [1.29, 1.82) is 0 Å². The van der Waals surface area contributed by atoms with Crippen LogP contribution in [-0.2, 0) is 9.59 Å². The number of amides is 1. The first kappa shape index (κ1) is 19.4. The van der Waals surface area contributed by atoms with E-state index in [0.717, 1.165) is 11.3 Å². The number of benzene rings is 1. The highest BCUT2D eigenvalue weighted by Gasteiger charge is 2.57. The van der Waals surface area contributed by atoms with Gasteiger partial charge in [0.2, 0.25) is 5.91 Å². The van der Waals surface area contributed by atoms with Crippen LogP contribution in [0.1, 0.15) is 32.3 Å². The fourth-order valence-corrected chi connectivity index (χ4v) is 3.79. The Morgan fingerprint density at radius 2 is 1.81 bits per heavy atom. The van der Waals surface area contributed by atoms with Crippen LogP contribution in [-0.4, -0.2) is 65.6 Å². The third-order valence-electron chi connectivity index (χ3n) is 5.60. The molecule has 1 heterocycles. The second-order valence-electron chi connectivity index (χ2n) is 7.31. The lowest BCUT2D eigenvalue weighted by Gasteiger charge is -2.40. The van der Waals surface area contributed by atoms with Crippen molar-refractivity contribution < 1.29 is 19.4 Å². The molecule has 1 saturated carbocycles. The van der Waals surface area contributed by atoms with Crippen LogP contribution >= 0.6 is 0 Å². The molecule has 2 aliphatic rings. The van der Waals surface area contributed by atoms with Gasteiger partial charge in [-0.25, -0.2) is 0 Å². The highest BCUT2D eigenvalue weighted by atomic mass is 16.5. The zero-order chi connectivity index (χ0) is 19.4. The Balaban J connectivity index is 1.75. The first-order valence-corrected chi connectivity index (χ1v) is 9.60. The summed E-state index contributed by atoms with van der Waals surface area (Å²) in [7, 11) is 0. The lowest BCUT2D eigenvalue weighted by atomic mass is 9.93. The molecule has 1 N–H and O–H groups in total. The Morgan fingerprint density at radius 1 is 1.19 bits per heavy atom. The first-order chi connectivity index (χ1) is 13.0. The maximum absolute atomic E-state index is 11.9. The number of carboxylic acids is 1. The van der Waals surface area contributed by atoms with Gasteiger partial charge >= 0.3 is 5.97 Å². The number of carbonyl (C=O) groups is 2. The average molecular weight is 372 g/mol. The van der Waals surface area contributed by atoms with E-state index in [1.807, 2.05) is 48.2 Å². The molecule has 146 valence electrons. The number of carboxylic acid groups (broad SMARTS) is 1. The fourth-order valence-electron chi connectivity index (χ4n) is 3.79. The third kappa shape index (κ3) is 4.33. The molecule has 0 spiro atoms. The van der Waals surface area contributed by atoms with Gasteiger partial charge in [0.15, 0.2) is 0 Å². The molecule has 1 aromatic rings. The van der Waals surface area contributed by atoms with Gasteiger partial charge in [0, 0.05) is 39.1 Å². The van der Waals surface area contributed by atoms with Gasteiger partial charge in [-0.3, -0.25) is 14.5 Å². The molecule has 1 aromatic carbocycles. The van der Waals surface area contributed by atoms with Crippen LogP contribution in [0.3, 0.4) is 0 Å². The molecule has 2 fully saturated rings. The summed E-state index contributed by atoms with van der Waals surface area (Å²) in [4.78, 5) is 27.5. The van der Waals surface area contributed by atoms with E-state index in [0.29, 0.717) is 45.6 Å². The summed E-state index contributed by atoms with van der Waals surface area (Å²) in [6.45, 7) is 6.87. The number of nitrogens with zero attached hydrogens (tertiary/aromatic N) is 2. The number of aliphatic carboxylic acids is 1. The molecule has 27 heavy (non-hydrogen) atoms. The normalized spacial score (nSPS) is 20.4. The second kappa shape index (κ2) is 8.13. The predicted octanol–water partition coefficient (Wildman–Crippen LogP) is 2.50. The largest absolute Gasteiger partial charge is 0.494 e. The van der Waals surface area contributed by atoms with E-state index < -0.39 is 11.4 Å². The molecule has 1 aliphatic heterocycles. The Bertz CT molecular complexity index is 701. The topological polar surface area (TPSA) is 70.1 Å². The van der Waals surface area contributed by atoms with Gasteiger partial charge in [0.1, 0.15) is 5.75 Å². The number of hydrogen-bond acceptors (Lipinski definition) is 4. The molecular formula is C21H28N2O4. The summed E-state index contributed by atoms with van der Waals surface area (Å²) in [5.41, 5.74) is 0.326. The fraction of sp³-hybridized carbons (Fsp3) is 0.524. The minimum Gasteiger partial charge on any atom is -0.494 e. The summed E-state index contributed by atoms with van der Waals surface area (Å²) in [6, 6.07) is 7.65. The smallest absolute Gasteiger partial charge is 0.311 e. The summed E-state index contributed by atoms with van der Waals surface area (Å²) in [6.07, 6.45) is 5.43. The molecule has 0 radical (unpaired) electrons. The van der Waals surface area contributed by atoms with E-state index in [1.165, 1.54) is 0 Å². The van der Waals surface area contributed by atoms with Gasteiger partial charge < -0.3 is 14.7 Å². The van der Waals surface area contributed by atoms with Crippen LogP contribution in [0.4, 0.5) is 0 Å². The number of ether oxygens (including phenoxy) is 1. The second-order valence-corrected chi connectivity index (χ2v) is 7.31. The minimum atomic E-state index is -0.724. The Kier molecular flexibility index (Phi) is 5.85. The van der Waals surface area contributed by atoms with Crippen molar-refractivity contribution in [3.8, 4) is 5.75 Å². The Morgan fingerprint density at radius 3 is 2.30 bits per heavy atom. The van der Waals surface area contributed by atoms with Gasteiger partial charge in [-0.05, 0) is 37.5 Å². The lowest BCUT2D eigenvalue weighted by molar-refractivity contribution is -0.146. The summed E-state index contributed by atoms with van der Waals surface area (Å²) < 4.78 is 5.46. The van der Waals surface area contributed by atoms with Crippen LogP contribution in [0.2, 0.25) is 0 Å². The number of rotatable bonds is 7. The molecule has 0 bridgehead atoms. The zero-order valence-electron chi connectivity index (χ0n) is 16.1. The third-order valence-corrected chi connectivity index (χ3v) is 5.60. The van der Waals surface area contributed by atoms with Crippen LogP contribution < -0.4 is 4.74 Å². The van der Waals surface area contributed by atoms with Crippen LogP contribution in [0.15, 0.2) is 30.3 Å². The van der Waals surface area contributed by atoms with E-state index in [2.05, 4.69) is 4.90 Å². The first-order valence-electron chi connectivity index (χ1n) is 9.60. The Labute approximate surface area is 160 Å². The number of carbonyl (C=O) groups excluding carboxylic acids is 1. The van der Waals surface area contributed by atoms with E-state index in [4.69, 9.17) is 4.74 Å². The molecular weight excluding hydrogens is 344 g/mol. The van der Waals surface area contributed by atoms with Crippen molar-refractivity contribution in [2.24, 2.45) is 5.41 Å². The number of piperazine rings is 1. The average Bonchev–Trinajstić information content (AvgIpc) is 3.46. The Hall–Kier alpha value is -2.34. The van der Waals surface area contributed by atoms with Crippen molar-refractivity contribution in [2.45, 2.75) is 32.7 Å². The summed E-state index contributed by atoms with van der Waals surface area (Å²) in [5, 5.41) is 9.80. The molecule has 1 unspecified atom stereocenters. The molecule has 1 atom stereocenters. The molecule has 1 aliphatic carbocycles. The van der Waals surface area contributed by atoms with E-state index in [-0.39, 0.29) is 11.9 Å². The van der Waals surface area contributed by atoms with Gasteiger partial charge in [-0.2, -0.15) is 0 Å². The molecule has 1 amide bonds. The predicted molar refractivity (Wildman–Crippen MR) is 104 cm³/mol. The van der Waals surface area contributed by atoms with Crippen molar-refractivity contribution in [1.82, 2.24) is 9.80 Å². The maximum Gasteiger partial charge on any atom is 0.311 e. The van der Waals surface area contributed by atoms with Gasteiger partial charge in [0.25, 0.3) is 0 Å². The molecule has 6 heteroatoms. The zero-order valence-corrected chi connectivity index (χ0v) is 16.1. The van der Waals surface area contributed by atoms with Gasteiger partial charge in [0.05, 0.1) is 12.0 Å². The van der Waals surface area contributed by atoms with E-state index in [1.54, 1.807) is 6.92 Å². The van der Waals surface area contributed by atoms with Crippen molar-refractivity contribution in [2.75, 3.05) is 32.8 Å². The quantitative estimate of drug-likeness (QED) is 0.796.